The first-order valence-corrected chi connectivity index (χ1v) is 19.7. The van der Waals surface area contributed by atoms with Gasteiger partial charge in [-0.2, -0.15) is 0 Å². The predicted octanol–water partition coefficient (Wildman–Crippen LogP) is 5.99. The minimum absolute atomic E-state index is 0.225. The van der Waals surface area contributed by atoms with E-state index >= 15 is 0 Å². The Morgan fingerprint density at radius 1 is 0.576 bits per heavy atom. The summed E-state index contributed by atoms with van der Waals surface area (Å²) in [6.07, 6.45) is 0. The molecule has 0 amide bonds. The molecule has 0 aromatic heterocycles. The Bertz CT molecular complexity index is 1160. The Hall–Kier alpha value is -2.41. The molecule has 0 N–H and O–H groups in total. The Labute approximate surface area is 201 Å². The van der Waals surface area contributed by atoms with Gasteiger partial charge in [0.05, 0.1) is 0 Å². The van der Waals surface area contributed by atoms with Crippen molar-refractivity contribution in [2.45, 2.75) is 25.1 Å². The monoisotopic (exact) mass is 564 g/mol. The quantitative estimate of drug-likeness (QED) is 0.235. The van der Waals surface area contributed by atoms with Crippen LogP contribution in [-0.4, -0.2) is 27.2 Å². The molecular weight excluding hydrogens is 535 g/mol. The third kappa shape index (κ3) is 6.56. The molecule has 4 rings (SSSR count). The van der Waals surface area contributed by atoms with E-state index in [9.17, 15) is 8.42 Å². The zero-order chi connectivity index (χ0) is 23.2. The first-order valence-electron chi connectivity index (χ1n) is 11.1. The van der Waals surface area contributed by atoms with Crippen LogP contribution in [0, 0.1) is 6.92 Å². The van der Waals surface area contributed by atoms with Gasteiger partial charge in [-0.05, 0) is 0 Å². The van der Waals surface area contributed by atoms with Crippen molar-refractivity contribution in [3.63, 3.8) is 0 Å². The van der Waals surface area contributed by atoms with Gasteiger partial charge in [0.25, 0.3) is 0 Å². The number of hydrogen-bond donors (Lipinski definition) is 0. The molecule has 0 atom stereocenters. The van der Waals surface area contributed by atoms with Crippen LogP contribution < -0.4 is 0 Å². The van der Waals surface area contributed by atoms with Gasteiger partial charge < -0.3 is 0 Å². The van der Waals surface area contributed by atoms with Crippen molar-refractivity contribution < 1.29 is 10.9 Å². The Balaban J connectivity index is 1.80. The molecule has 5 heteroatoms. The molecule has 0 saturated heterocycles. The van der Waals surface area contributed by atoms with Crippen LogP contribution in [0.15, 0.2) is 120 Å². The molecule has 168 valence electrons. The van der Waals surface area contributed by atoms with Crippen LogP contribution in [-0.2, 0) is 25.9 Å². The average Bonchev–Trinajstić information content (AvgIpc) is 2.81. The summed E-state index contributed by atoms with van der Waals surface area (Å²) in [5, 5.41) is 0. The molecule has 0 fully saturated rings. The van der Waals surface area contributed by atoms with Crippen molar-refractivity contribution in [1.29, 1.82) is 0 Å². The summed E-state index contributed by atoms with van der Waals surface area (Å²) in [5.74, 6) is 0. The van der Waals surface area contributed by atoms with E-state index < -0.39 is 28.9 Å². The van der Waals surface area contributed by atoms with E-state index in [1.165, 1.54) is 0 Å². The van der Waals surface area contributed by atoms with Crippen LogP contribution in [0.3, 0.4) is 0 Å². The predicted molar refractivity (Wildman–Crippen MR) is 136 cm³/mol. The molecule has 4 aromatic carbocycles. The topological polar surface area (TPSA) is 43.4 Å². The fraction of sp³-hybridized carbons (Fsp3) is 0.143. The number of rotatable bonds is 9. The summed E-state index contributed by atoms with van der Waals surface area (Å²) < 4.78 is 35.6. The van der Waals surface area contributed by atoms with E-state index in [1.807, 2.05) is 73.7 Å². The second-order valence-electron chi connectivity index (χ2n) is 8.52. The SMILES string of the molecule is Cc1ccc(S(=O)(=O)[O][Sn]([CH2]c2ccccc2)([CH2]c2ccccc2)[CH2]c2ccccc2)cc1. The minimum atomic E-state index is -3.93. The van der Waals surface area contributed by atoms with Gasteiger partial charge in [-0.3, -0.25) is 0 Å². The van der Waals surface area contributed by atoms with Crippen molar-refractivity contribution >= 4 is 28.9 Å². The van der Waals surface area contributed by atoms with Gasteiger partial charge in [0.1, 0.15) is 0 Å². The van der Waals surface area contributed by atoms with Crippen molar-refractivity contribution in [2.24, 2.45) is 0 Å². The summed E-state index contributed by atoms with van der Waals surface area (Å²) in [4.78, 5) is 0.225. The second-order valence-corrected chi connectivity index (χ2v) is 21.3. The molecule has 33 heavy (non-hydrogen) atoms. The van der Waals surface area contributed by atoms with E-state index in [0.717, 1.165) is 22.3 Å². The van der Waals surface area contributed by atoms with Crippen molar-refractivity contribution in [2.75, 3.05) is 0 Å². The molecule has 0 radical (unpaired) electrons. The maximum absolute atomic E-state index is 13.6. The third-order valence-corrected chi connectivity index (χ3v) is 21.0. The Morgan fingerprint density at radius 3 is 1.30 bits per heavy atom. The van der Waals surface area contributed by atoms with Crippen molar-refractivity contribution in [3.8, 4) is 0 Å². The summed E-state index contributed by atoms with van der Waals surface area (Å²) in [6, 6.07) is 37.4. The molecule has 0 aliphatic heterocycles. The molecule has 4 aromatic rings. The zero-order valence-electron chi connectivity index (χ0n) is 18.7. The second kappa shape index (κ2) is 10.7. The van der Waals surface area contributed by atoms with Gasteiger partial charge in [-0.25, -0.2) is 0 Å². The number of benzene rings is 4. The van der Waals surface area contributed by atoms with E-state index in [-0.39, 0.29) is 4.90 Å². The van der Waals surface area contributed by atoms with E-state index in [4.69, 9.17) is 2.52 Å². The fourth-order valence-electron chi connectivity index (χ4n) is 4.17. The fourth-order valence-corrected chi connectivity index (χ4v) is 21.2. The van der Waals surface area contributed by atoms with E-state index in [0.29, 0.717) is 13.3 Å². The Kier molecular flexibility index (Phi) is 7.68. The summed E-state index contributed by atoms with van der Waals surface area (Å²) in [5.41, 5.74) is 4.39. The molecule has 0 heterocycles. The van der Waals surface area contributed by atoms with Crippen LogP contribution in [0.5, 0.6) is 0 Å². The molecular formula is C28H28O3SSn. The standard InChI is InChI=1S/C7H8O3S.3C7H7.Sn/c1-6-2-4-7(5-3-6)11(8,9)10;3*1-7-5-3-2-4-6-7;/h2-5H,1H3,(H,8,9,10);3*2-6H,1H2;/q;;;;+1/p-1. The summed E-state index contributed by atoms with van der Waals surface area (Å²) >= 11 is -3.93. The molecule has 0 spiro atoms. The first kappa shape index (κ1) is 23.7. The van der Waals surface area contributed by atoms with Gasteiger partial charge in [-0.15, -0.1) is 0 Å². The van der Waals surface area contributed by atoms with Gasteiger partial charge in [-0.1, -0.05) is 0 Å². The number of hydrogen-bond acceptors (Lipinski definition) is 3. The molecule has 0 unspecified atom stereocenters. The van der Waals surface area contributed by atoms with Crippen LogP contribution in [0.1, 0.15) is 22.3 Å². The Morgan fingerprint density at radius 2 is 0.939 bits per heavy atom. The molecule has 3 nitrogen and oxygen atoms in total. The van der Waals surface area contributed by atoms with Crippen LogP contribution in [0.25, 0.3) is 0 Å². The maximum atomic E-state index is 13.6. The van der Waals surface area contributed by atoms with E-state index in [2.05, 4.69) is 36.4 Å². The third-order valence-electron chi connectivity index (χ3n) is 5.70. The van der Waals surface area contributed by atoms with Crippen molar-refractivity contribution in [3.05, 3.63) is 138 Å². The zero-order valence-corrected chi connectivity index (χ0v) is 22.4. The van der Waals surface area contributed by atoms with Crippen molar-refractivity contribution in [1.82, 2.24) is 0 Å². The van der Waals surface area contributed by atoms with Gasteiger partial charge >= 0.3 is 202 Å². The van der Waals surface area contributed by atoms with Crippen LogP contribution >= 0.6 is 0 Å². The molecule has 0 aliphatic carbocycles. The van der Waals surface area contributed by atoms with Crippen LogP contribution in [0.2, 0.25) is 0 Å². The average molecular weight is 563 g/mol. The van der Waals surface area contributed by atoms with Gasteiger partial charge in [0.2, 0.25) is 0 Å². The van der Waals surface area contributed by atoms with Gasteiger partial charge in [0.15, 0.2) is 0 Å². The number of aryl methyl sites for hydroxylation is 1. The molecule has 0 bridgehead atoms. The summed E-state index contributed by atoms with van der Waals surface area (Å²) in [7, 11) is -3.90. The molecule has 0 aliphatic rings. The normalized spacial score (nSPS) is 11.9. The van der Waals surface area contributed by atoms with Gasteiger partial charge in [0, 0.05) is 0 Å². The van der Waals surface area contributed by atoms with E-state index in [1.54, 1.807) is 12.1 Å². The van der Waals surface area contributed by atoms with Crippen LogP contribution in [0.4, 0.5) is 0 Å². The molecule has 0 saturated carbocycles. The first-order chi connectivity index (χ1) is 15.9. The summed E-state index contributed by atoms with van der Waals surface area (Å²) in [6.45, 7) is 1.95.